The molecule has 0 unspecified atom stereocenters. The van der Waals surface area contributed by atoms with Gasteiger partial charge < -0.3 is 14.8 Å². The molecule has 0 atom stereocenters. The fourth-order valence-corrected chi connectivity index (χ4v) is 1.77. The molecule has 118 valence electrons. The van der Waals surface area contributed by atoms with Crippen LogP contribution in [-0.4, -0.2) is 19.3 Å². The van der Waals surface area contributed by atoms with E-state index in [9.17, 15) is 0 Å². The Morgan fingerprint density at radius 3 is 2.62 bits per heavy atom. The highest BCUT2D eigenvalue weighted by Gasteiger charge is 2.07. The van der Waals surface area contributed by atoms with Gasteiger partial charge in [-0.2, -0.15) is 0 Å². The van der Waals surface area contributed by atoms with Crippen LogP contribution in [0.4, 0.5) is 0 Å². The summed E-state index contributed by atoms with van der Waals surface area (Å²) in [6.45, 7) is 14.5. The van der Waals surface area contributed by atoms with Crippen LogP contribution in [-0.2, 0) is 6.54 Å². The van der Waals surface area contributed by atoms with Crippen LogP contribution in [0.3, 0.4) is 0 Å². The Morgan fingerprint density at radius 2 is 2.00 bits per heavy atom. The molecule has 1 rings (SSSR count). The van der Waals surface area contributed by atoms with Gasteiger partial charge in [0, 0.05) is 30.6 Å². The lowest BCUT2D eigenvalue weighted by Gasteiger charge is -2.15. The lowest BCUT2D eigenvalue weighted by atomic mass is 10.1. The summed E-state index contributed by atoms with van der Waals surface area (Å²) in [6.07, 6.45) is 1.87. The number of nitrogens with one attached hydrogen (secondary N) is 1. The lowest BCUT2D eigenvalue weighted by Crippen LogP contribution is -2.22. The first-order chi connectivity index (χ1) is 10.0. The summed E-state index contributed by atoms with van der Waals surface area (Å²) in [4.78, 5) is 0. The maximum absolute atomic E-state index is 5.92. The fourth-order valence-electron chi connectivity index (χ4n) is 1.77. The van der Waals surface area contributed by atoms with E-state index in [2.05, 4.69) is 38.7 Å². The number of rotatable bonds is 10. The zero-order valence-electron chi connectivity index (χ0n) is 13.9. The Balaban J connectivity index is 2.76. The minimum Gasteiger partial charge on any atom is -0.493 e. The molecule has 3 heteroatoms. The third-order valence-electron chi connectivity index (χ3n) is 3.00. The topological polar surface area (TPSA) is 30.5 Å². The van der Waals surface area contributed by atoms with Crippen molar-refractivity contribution in [2.75, 3.05) is 13.2 Å². The van der Waals surface area contributed by atoms with Gasteiger partial charge in [0.2, 0.25) is 0 Å². The van der Waals surface area contributed by atoms with E-state index >= 15 is 0 Å². The predicted octanol–water partition coefficient (Wildman–Crippen LogP) is 4.32. The molecule has 0 bridgehead atoms. The molecule has 3 nitrogen and oxygen atoms in total. The second-order valence-electron chi connectivity index (χ2n) is 5.71. The van der Waals surface area contributed by atoms with E-state index in [0.717, 1.165) is 48.6 Å². The highest BCUT2D eigenvalue weighted by molar-refractivity contribution is 5.40. The first-order valence-corrected chi connectivity index (χ1v) is 7.79. The monoisotopic (exact) mass is 291 g/mol. The molecular weight excluding hydrogens is 262 g/mol. The van der Waals surface area contributed by atoms with E-state index in [1.807, 2.05) is 19.1 Å². The predicted molar refractivity (Wildman–Crippen MR) is 89.1 cm³/mol. The summed E-state index contributed by atoms with van der Waals surface area (Å²) in [5, 5.41) is 3.43. The molecule has 0 aliphatic carbocycles. The van der Waals surface area contributed by atoms with Crippen LogP contribution in [0.15, 0.2) is 30.4 Å². The normalized spacial score (nSPS) is 10.7. The Morgan fingerprint density at radius 1 is 1.24 bits per heavy atom. The number of ether oxygens (including phenoxy) is 2. The summed E-state index contributed by atoms with van der Waals surface area (Å²) in [6, 6.07) is 6.53. The first-order valence-electron chi connectivity index (χ1n) is 7.79. The molecule has 0 spiro atoms. The molecule has 1 aromatic rings. The Bertz CT molecular complexity index is 441. The standard InChI is InChI=1S/C18H29NO2/c1-6-10-20-17-8-7-16(13-19-15(4)5)18(12-17)21-11-9-14(2)3/h7-8,12,15,19H,2,6,9-11,13H2,1,3-5H3. The summed E-state index contributed by atoms with van der Waals surface area (Å²) >= 11 is 0. The lowest BCUT2D eigenvalue weighted by molar-refractivity contribution is 0.301. The van der Waals surface area contributed by atoms with E-state index in [1.54, 1.807) is 0 Å². The summed E-state index contributed by atoms with van der Waals surface area (Å²) in [5.41, 5.74) is 2.30. The Labute approximate surface area is 129 Å². The molecule has 0 aliphatic heterocycles. The molecule has 0 fully saturated rings. The average molecular weight is 291 g/mol. The van der Waals surface area contributed by atoms with Gasteiger partial charge in [-0.15, -0.1) is 6.58 Å². The molecule has 0 amide bonds. The molecule has 0 saturated carbocycles. The molecular formula is C18H29NO2. The SMILES string of the molecule is C=C(C)CCOc1cc(OCCC)ccc1CNC(C)C. The molecule has 21 heavy (non-hydrogen) atoms. The molecule has 0 heterocycles. The van der Waals surface area contributed by atoms with Gasteiger partial charge in [-0.05, 0) is 19.4 Å². The van der Waals surface area contributed by atoms with Crippen molar-refractivity contribution in [3.05, 3.63) is 35.9 Å². The molecule has 0 saturated heterocycles. The quantitative estimate of drug-likeness (QED) is 0.651. The van der Waals surface area contributed by atoms with E-state index in [-0.39, 0.29) is 0 Å². The maximum atomic E-state index is 5.92. The highest BCUT2D eigenvalue weighted by Crippen LogP contribution is 2.25. The van der Waals surface area contributed by atoms with Gasteiger partial charge in [0.15, 0.2) is 0 Å². The zero-order valence-corrected chi connectivity index (χ0v) is 13.9. The third-order valence-corrected chi connectivity index (χ3v) is 3.00. The Hall–Kier alpha value is -1.48. The van der Waals surface area contributed by atoms with Crippen LogP contribution in [0.1, 0.15) is 46.1 Å². The van der Waals surface area contributed by atoms with Crippen LogP contribution in [0.25, 0.3) is 0 Å². The highest BCUT2D eigenvalue weighted by atomic mass is 16.5. The van der Waals surface area contributed by atoms with E-state index in [1.165, 1.54) is 0 Å². The van der Waals surface area contributed by atoms with Gasteiger partial charge in [-0.1, -0.05) is 32.4 Å². The van der Waals surface area contributed by atoms with Gasteiger partial charge in [-0.3, -0.25) is 0 Å². The van der Waals surface area contributed by atoms with Crippen molar-refractivity contribution in [1.29, 1.82) is 0 Å². The first kappa shape index (κ1) is 17.6. The number of hydrogen-bond acceptors (Lipinski definition) is 3. The minimum absolute atomic E-state index is 0.448. The van der Waals surface area contributed by atoms with Crippen molar-refractivity contribution in [2.45, 2.75) is 53.1 Å². The minimum atomic E-state index is 0.448. The van der Waals surface area contributed by atoms with Crippen LogP contribution in [0.2, 0.25) is 0 Å². The van der Waals surface area contributed by atoms with Crippen molar-refractivity contribution in [1.82, 2.24) is 5.32 Å². The van der Waals surface area contributed by atoms with Crippen LogP contribution in [0, 0.1) is 0 Å². The maximum Gasteiger partial charge on any atom is 0.127 e. The van der Waals surface area contributed by atoms with E-state index in [4.69, 9.17) is 9.47 Å². The van der Waals surface area contributed by atoms with E-state index in [0.29, 0.717) is 12.6 Å². The number of hydrogen-bond donors (Lipinski definition) is 1. The summed E-state index contributed by atoms with van der Waals surface area (Å²) in [7, 11) is 0. The van der Waals surface area contributed by atoms with Crippen molar-refractivity contribution in [3.8, 4) is 11.5 Å². The van der Waals surface area contributed by atoms with Crippen molar-refractivity contribution in [2.24, 2.45) is 0 Å². The van der Waals surface area contributed by atoms with Gasteiger partial charge >= 0.3 is 0 Å². The molecule has 0 aromatic heterocycles. The number of benzene rings is 1. The van der Waals surface area contributed by atoms with Crippen molar-refractivity contribution in [3.63, 3.8) is 0 Å². The van der Waals surface area contributed by atoms with Crippen molar-refractivity contribution >= 4 is 0 Å². The van der Waals surface area contributed by atoms with Gasteiger partial charge in [0.1, 0.15) is 11.5 Å². The Kier molecular flexibility index (Phi) is 7.91. The molecule has 0 aliphatic rings. The molecule has 0 radical (unpaired) electrons. The molecule has 1 aromatic carbocycles. The van der Waals surface area contributed by atoms with Gasteiger partial charge in [0.05, 0.1) is 13.2 Å². The summed E-state index contributed by atoms with van der Waals surface area (Å²) in [5.74, 6) is 1.77. The molecule has 1 N–H and O–H groups in total. The second kappa shape index (κ2) is 9.46. The van der Waals surface area contributed by atoms with Gasteiger partial charge in [0.25, 0.3) is 0 Å². The van der Waals surface area contributed by atoms with Crippen LogP contribution in [0.5, 0.6) is 11.5 Å². The zero-order chi connectivity index (χ0) is 15.7. The smallest absolute Gasteiger partial charge is 0.127 e. The van der Waals surface area contributed by atoms with Crippen molar-refractivity contribution < 1.29 is 9.47 Å². The largest absolute Gasteiger partial charge is 0.493 e. The third kappa shape index (κ3) is 7.19. The fraction of sp³-hybridized carbons (Fsp3) is 0.556. The second-order valence-corrected chi connectivity index (χ2v) is 5.71. The average Bonchev–Trinajstić information content (AvgIpc) is 2.43. The van der Waals surface area contributed by atoms with Gasteiger partial charge in [-0.25, -0.2) is 0 Å². The van der Waals surface area contributed by atoms with E-state index < -0.39 is 0 Å². The van der Waals surface area contributed by atoms with Crippen LogP contribution < -0.4 is 14.8 Å². The van der Waals surface area contributed by atoms with Crippen LogP contribution >= 0.6 is 0 Å². The summed E-state index contributed by atoms with van der Waals surface area (Å²) < 4.78 is 11.6.